The molecule has 0 radical (unpaired) electrons. The van der Waals surface area contributed by atoms with Gasteiger partial charge in [-0.1, -0.05) is 39.5 Å². The van der Waals surface area contributed by atoms with Crippen molar-refractivity contribution in [3.05, 3.63) is 0 Å². The molecule has 2 aliphatic rings. The van der Waals surface area contributed by atoms with Gasteiger partial charge in [0.1, 0.15) is 0 Å². The van der Waals surface area contributed by atoms with Crippen molar-refractivity contribution in [2.45, 2.75) is 78.1 Å². The van der Waals surface area contributed by atoms with Crippen molar-refractivity contribution in [1.29, 1.82) is 0 Å². The molecule has 0 saturated heterocycles. The molecule has 0 aromatic rings. The first-order chi connectivity index (χ1) is 6.79. The molecule has 0 bridgehead atoms. The normalized spacial score (nSPS) is 26.1. The van der Waals surface area contributed by atoms with Crippen molar-refractivity contribution >= 4 is 0 Å². The number of unbranched alkanes of at least 4 members (excludes halogenated alkanes) is 3. The lowest BCUT2D eigenvalue weighted by atomic mass is 9.79. The van der Waals surface area contributed by atoms with Crippen molar-refractivity contribution in [2.75, 3.05) is 0 Å². The smallest absolute Gasteiger partial charge is 0.0241 e. The maximum Gasteiger partial charge on any atom is -0.0241 e. The summed E-state index contributed by atoms with van der Waals surface area (Å²) in [5.41, 5.74) is 1.70. The molecule has 0 unspecified atom stereocenters. The predicted octanol–water partition coefficient (Wildman–Crippen LogP) is 4.93. The summed E-state index contributed by atoms with van der Waals surface area (Å²) in [5.74, 6) is 0. The van der Waals surface area contributed by atoms with Crippen molar-refractivity contribution in [3.63, 3.8) is 0 Å². The van der Waals surface area contributed by atoms with E-state index in [9.17, 15) is 0 Å². The highest BCUT2D eigenvalue weighted by molar-refractivity contribution is 5.13. The average molecular weight is 194 g/mol. The first-order valence-corrected chi connectivity index (χ1v) is 6.79. The highest BCUT2D eigenvalue weighted by Gasteiger charge is 2.62. The van der Waals surface area contributed by atoms with E-state index >= 15 is 0 Å². The molecule has 14 heavy (non-hydrogen) atoms. The summed E-state index contributed by atoms with van der Waals surface area (Å²) >= 11 is 0. The largest absolute Gasteiger partial charge is 0.0654 e. The van der Waals surface area contributed by atoms with Crippen LogP contribution in [-0.4, -0.2) is 0 Å². The van der Waals surface area contributed by atoms with Crippen LogP contribution in [-0.2, 0) is 0 Å². The predicted molar refractivity (Wildman–Crippen MR) is 62.4 cm³/mol. The molecule has 0 spiro atoms. The van der Waals surface area contributed by atoms with Crippen molar-refractivity contribution < 1.29 is 0 Å². The van der Waals surface area contributed by atoms with Crippen molar-refractivity contribution in [1.82, 2.24) is 0 Å². The van der Waals surface area contributed by atoms with E-state index < -0.39 is 0 Å². The van der Waals surface area contributed by atoms with Crippen molar-refractivity contribution in [3.8, 4) is 0 Å². The first-order valence-electron chi connectivity index (χ1n) is 6.79. The van der Waals surface area contributed by atoms with E-state index in [-0.39, 0.29) is 0 Å². The van der Waals surface area contributed by atoms with E-state index in [1.807, 2.05) is 0 Å². The maximum absolute atomic E-state index is 2.42. The Hall–Kier alpha value is 0. The van der Waals surface area contributed by atoms with Crippen molar-refractivity contribution in [2.24, 2.45) is 10.8 Å². The Morgan fingerprint density at radius 3 is 1.86 bits per heavy atom. The fourth-order valence-electron chi connectivity index (χ4n) is 3.50. The summed E-state index contributed by atoms with van der Waals surface area (Å²) in [7, 11) is 0. The lowest BCUT2D eigenvalue weighted by Crippen LogP contribution is -2.16. The summed E-state index contributed by atoms with van der Waals surface area (Å²) in [6, 6.07) is 0. The molecular formula is C14H26. The van der Waals surface area contributed by atoms with E-state index in [4.69, 9.17) is 0 Å². The second-order valence-electron chi connectivity index (χ2n) is 5.72. The van der Waals surface area contributed by atoms with Gasteiger partial charge in [-0.15, -0.1) is 0 Å². The minimum atomic E-state index is 0.846. The second kappa shape index (κ2) is 3.87. The Labute approximate surface area is 89.5 Å². The topological polar surface area (TPSA) is 0 Å². The summed E-state index contributed by atoms with van der Waals surface area (Å²) in [5, 5.41) is 0. The van der Waals surface area contributed by atoms with Crippen LogP contribution in [0.3, 0.4) is 0 Å². The van der Waals surface area contributed by atoms with Gasteiger partial charge in [0.25, 0.3) is 0 Å². The fraction of sp³-hybridized carbons (Fsp3) is 1.00. The van der Waals surface area contributed by atoms with Gasteiger partial charge in [0, 0.05) is 0 Å². The zero-order valence-corrected chi connectivity index (χ0v) is 10.1. The number of rotatable bonds is 7. The standard InChI is InChI=1S/C14H26/c1-3-5-6-7-8-14(11-12-14)13(4-2)9-10-13/h3-12H2,1-2H3. The van der Waals surface area contributed by atoms with E-state index in [1.165, 1.54) is 32.1 Å². The Balaban J connectivity index is 1.74. The van der Waals surface area contributed by atoms with E-state index in [1.54, 1.807) is 32.1 Å². The van der Waals surface area contributed by atoms with Crippen LogP contribution in [0, 0.1) is 10.8 Å². The van der Waals surface area contributed by atoms with Gasteiger partial charge in [0.2, 0.25) is 0 Å². The third-order valence-electron chi connectivity index (χ3n) is 5.02. The summed E-state index contributed by atoms with van der Waals surface area (Å²) in [4.78, 5) is 0. The lowest BCUT2D eigenvalue weighted by molar-refractivity contribution is 0.244. The van der Waals surface area contributed by atoms with Gasteiger partial charge < -0.3 is 0 Å². The minimum Gasteiger partial charge on any atom is -0.0654 e. The van der Waals surface area contributed by atoms with Crippen LogP contribution in [0.1, 0.15) is 78.1 Å². The molecule has 0 aromatic carbocycles. The monoisotopic (exact) mass is 194 g/mol. The molecule has 0 aromatic heterocycles. The molecule has 0 aliphatic heterocycles. The summed E-state index contributed by atoms with van der Waals surface area (Å²) in [6.07, 6.45) is 15.1. The molecule has 0 nitrogen and oxygen atoms in total. The quantitative estimate of drug-likeness (QED) is 0.504. The Bertz CT molecular complexity index is 184. The average Bonchev–Trinajstić information content (AvgIpc) is 3.05. The molecule has 82 valence electrons. The molecule has 0 amide bonds. The van der Waals surface area contributed by atoms with Gasteiger partial charge in [-0.3, -0.25) is 0 Å². The molecule has 2 rings (SSSR count). The maximum atomic E-state index is 2.42. The molecule has 0 N–H and O–H groups in total. The van der Waals surface area contributed by atoms with Gasteiger partial charge in [-0.2, -0.15) is 0 Å². The Morgan fingerprint density at radius 2 is 1.43 bits per heavy atom. The van der Waals surface area contributed by atoms with Gasteiger partial charge in [-0.25, -0.2) is 0 Å². The molecule has 0 heteroatoms. The summed E-state index contributed by atoms with van der Waals surface area (Å²) in [6.45, 7) is 4.72. The van der Waals surface area contributed by atoms with Crippen LogP contribution in [0.15, 0.2) is 0 Å². The van der Waals surface area contributed by atoms with Crippen LogP contribution in [0.5, 0.6) is 0 Å². The molecule has 2 fully saturated rings. The van der Waals surface area contributed by atoms with E-state index in [0.717, 1.165) is 10.8 Å². The van der Waals surface area contributed by atoms with E-state index in [2.05, 4.69) is 13.8 Å². The van der Waals surface area contributed by atoms with Gasteiger partial charge in [0.15, 0.2) is 0 Å². The van der Waals surface area contributed by atoms with E-state index in [0.29, 0.717) is 0 Å². The van der Waals surface area contributed by atoms with Crippen LogP contribution in [0.2, 0.25) is 0 Å². The zero-order valence-electron chi connectivity index (χ0n) is 10.1. The fourth-order valence-corrected chi connectivity index (χ4v) is 3.50. The van der Waals surface area contributed by atoms with Gasteiger partial charge in [-0.05, 0) is 49.4 Å². The highest BCUT2D eigenvalue weighted by Crippen LogP contribution is 2.73. The van der Waals surface area contributed by atoms with Crippen LogP contribution >= 0.6 is 0 Å². The third-order valence-corrected chi connectivity index (χ3v) is 5.02. The highest BCUT2D eigenvalue weighted by atomic mass is 14.7. The second-order valence-corrected chi connectivity index (χ2v) is 5.72. The Kier molecular flexibility index (Phi) is 2.91. The minimum absolute atomic E-state index is 0.846. The SMILES string of the molecule is CCCCCCC1(C2(CC)CC2)CC1. The van der Waals surface area contributed by atoms with Crippen LogP contribution in [0.4, 0.5) is 0 Å². The molecular weight excluding hydrogens is 168 g/mol. The lowest BCUT2D eigenvalue weighted by Gasteiger charge is -2.25. The molecule has 2 aliphatic carbocycles. The summed E-state index contributed by atoms with van der Waals surface area (Å²) < 4.78 is 0. The first kappa shape index (κ1) is 10.5. The van der Waals surface area contributed by atoms with Crippen LogP contribution < -0.4 is 0 Å². The van der Waals surface area contributed by atoms with Gasteiger partial charge >= 0.3 is 0 Å². The molecule has 2 saturated carbocycles. The number of hydrogen-bond donors (Lipinski definition) is 0. The third kappa shape index (κ3) is 1.73. The van der Waals surface area contributed by atoms with Crippen LogP contribution in [0.25, 0.3) is 0 Å². The number of hydrogen-bond acceptors (Lipinski definition) is 0. The Morgan fingerprint density at radius 1 is 0.786 bits per heavy atom. The molecule has 0 heterocycles. The molecule has 0 atom stereocenters. The zero-order chi connectivity index (χ0) is 10.1. The van der Waals surface area contributed by atoms with Gasteiger partial charge in [0.05, 0.1) is 0 Å².